The minimum absolute atomic E-state index is 0.0111. The van der Waals surface area contributed by atoms with Crippen LogP contribution in [-0.2, 0) is 4.79 Å². The first-order chi connectivity index (χ1) is 24.9. The molecule has 11 heteroatoms. The highest BCUT2D eigenvalue weighted by Gasteiger charge is 2.35. The van der Waals surface area contributed by atoms with E-state index in [1.807, 2.05) is 45.9 Å². The molecule has 2 N–H and O–H groups in total. The van der Waals surface area contributed by atoms with Crippen LogP contribution in [0, 0.1) is 5.82 Å². The smallest absolute Gasteiger partial charge is 0.259 e. The number of aromatic nitrogens is 1. The number of para-hydroxylation sites is 3. The summed E-state index contributed by atoms with van der Waals surface area (Å²) < 4.78 is 24.6. The molecule has 0 aliphatic carbocycles. The molecule has 0 spiro atoms. The largest absolute Gasteiger partial charge is 0.451 e. The van der Waals surface area contributed by atoms with E-state index in [1.165, 1.54) is 24.5 Å². The third kappa shape index (κ3) is 5.71. The molecular weight excluding hydrogens is 647 g/mol. The molecule has 2 atom stereocenters. The fourth-order valence-corrected chi connectivity index (χ4v) is 9.01. The Bertz CT molecular complexity index is 2090. The molecule has 264 valence electrons. The second kappa shape index (κ2) is 13.0. The highest BCUT2D eigenvalue weighted by molar-refractivity contribution is 6.01. The van der Waals surface area contributed by atoms with E-state index >= 15 is 4.39 Å². The maximum absolute atomic E-state index is 16.4. The lowest BCUT2D eigenvalue weighted by Crippen LogP contribution is -2.46. The topological polar surface area (TPSA) is 99.1 Å². The number of nitrogens with one attached hydrogen (secondary N) is 2. The van der Waals surface area contributed by atoms with Crippen molar-refractivity contribution in [1.29, 1.82) is 0 Å². The number of ether oxygens (including phenoxy) is 1. The van der Waals surface area contributed by atoms with Gasteiger partial charge in [0.05, 0.1) is 11.1 Å². The van der Waals surface area contributed by atoms with Crippen LogP contribution in [-0.4, -0.2) is 84.1 Å². The highest BCUT2D eigenvalue weighted by atomic mass is 19.1. The number of rotatable bonds is 7. The molecule has 10 nitrogen and oxygen atoms in total. The Hall–Kier alpha value is -4.90. The van der Waals surface area contributed by atoms with Crippen molar-refractivity contribution in [2.45, 2.75) is 62.9 Å². The summed E-state index contributed by atoms with van der Waals surface area (Å²) in [7, 11) is 0. The predicted octanol–water partition coefficient (Wildman–Crippen LogP) is 5.62. The van der Waals surface area contributed by atoms with E-state index in [1.54, 1.807) is 11.1 Å². The maximum Gasteiger partial charge on any atom is 0.259 e. The summed E-state index contributed by atoms with van der Waals surface area (Å²) in [6.45, 7) is 5.17. The number of pyridine rings is 1. The molecule has 9 rings (SSSR count). The van der Waals surface area contributed by atoms with E-state index < -0.39 is 11.2 Å². The van der Waals surface area contributed by atoms with Gasteiger partial charge < -0.3 is 34.6 Å². The van der Waals surface area contributed by atoms with Crippen molar-refractivity contribution >= 4 is 34.1 Å². The van der Waals surface area contributed by atoms with Crippen LogP contribution < -0.4 is 25.7 Å². The third-order valence-electron chi connectivity index (χ3n) is 11.7. The molecule has 0 saturated carbocycles. The molecule has 51 heavy (non-hydrogen) atoms. The summed E-state index contributed by atoms with van der Waals surface area (Å²) in [5.74, 6) is 0.155. The molecule has 2 amide bonds. The van der Waals surface area contributed by atoms with Crippen LogP contribution in [0.1, 0.15) is 66.8 Å². The Labute approximate surface area is 296 Å². The van der Waals surface area contributed by atoms with Crippen LogP contribution in [0.4, 0.5) is 15.8 Å². The monoisotopic (exact) mass is 690 g/mol. The number of piperidine rings is 1. The van der Waals surface area contributed by atoms with Crippen LogP contribution in [0.25, 0.3) is 16.6 Å². The van der Waals surface area contributed by atoms with Gasteiger partial charge in [-0.15, -0.1) is 0 Å². The number of anilines is 2. The Morgan fingerprint density at radius 3 is 2.59 bits per heavy atom. The van der Waals surface area contributed by atoms with Crippen molar-refractivity contribution in [3.05, 3.63) is 88.0 Å². The van der Waals surface area contributed by atoms with Crippen LogP contribution >= 0.6 is 0 Å². The van der Waals surface area contributed by atoms with Crippen molar-refractivity contribution in [1.82, 2.24) is 19.7 Å². The number of carbonyl (C=O) groups is 2. The minimum atomic E-state index is -0.587. The van der Waals surface area contributed by atoms with Gasteiger partial charge in [-0.3, -0.25) is 14.4 Å². The Kier molecular flexibility index (Phi) is 8.17. The van der Waals surface area contributed by atoms with Crippen molar-refractivity contribution in [2.75, 3.05) is 56.0 Å². The molecule has 3 aromatic carbocycles. The van der Waals surface area contributed by atoms with E-state index in [0.29, 0.717) is 67.9 Å². The molecule has 0 radical (unpaired) electrons. The quantitative estimate of drug-likeness (QED) is 0.229. The summed E-state index contributed by atoms with van der Waals surface area (Å²) in [6.07, 6.45) is 7.67. The zero-order valence-electron chi connectivity index (χ0n) is 28.7. The number of carbonyl (C=O) groups excluding carboxylic acids is 2. The fourth-order valence-electron chi connectivity index (χ4n) is 9.01. The van der Waals surface area contributed by atoms with E-state index in [9.17, 15) is 14.4 Å². The first kappa shape index (κ1) is 32.0. The number of amides is 2. The van der Waals surface area contributed by atoms with Crippen LogP contribution in [0.5, 0.6) is 11.5 Å². The second-order valence-electron chi connectivity index (χ2n) is 14.7. The van der Waals surface area contributed by atoms with E-state index in [4.69, 9.17) is 4.74 Å². The van der Waals surface area contributed by atoms with E-state index in [2.05, 4.69) is 27.7 Å². The van der Waals surface area contributed by atoms with Gasteiger partial charge in [0, 0.05) is 69.0 Å². The number of benzene rings is 3. The molecule has 0 bridgehead atoms. The van der Waals surface area contributed by atoms with Gasteiger partial charge in [0.2, 0.25) is 11.3 Å². The Balaban J connectivity index is 0.965. The van der Waals surface area contributed by atoms with Crippen LogP contribution in [0.2, 0.25) is 0 Å². The predicted molar refractivity (Wildman–Crippen MR) is 195 cm³/mol. The van der Waals surface area contributed by atoms with Crippen molar-refractivity contribution in [2.24, 2.45) is 0 Å². The third-order valence-corrected chi connectivity index (χ3v) is 11.7. The minimum Gasteiger partial charge on any atom is -0.451 e. The first-order valence-electron chi connectivity index (χ1n) is 18.5. The molecule has 6 heterocycles. The number of hydrogen-bond acceptors (Lipinski definition) is 7. The Morgan fingerprint density at radius 2 is 1.75 bits per heavy atom. The molecule has 3 fully saturated rings. The highest BCUT2D eigenvalue weighted by Crippen LogP contribution is 2.47. The van der Waals surface area contributed by atoms with Crippen molar-refractivity contribution < 1.29 is 18.7 Å². The molecule has 3 saturated heterocycles. The van der Waals surface area contributed by atoms with Gasteiger partial charge in [-0.1, -0.05) is 30.3 Å². The Morgan fingerprint density at radius 1 is 0.961 bits per heavy atom. The van der Waals surface area contributed by atoms with Crippen molar-refractivity contribution in [3.8, 4) is 17.2 Å². The number of hydrogen-bond donors (Lipinski definition) is 2. The molecule has 5 aliphatic rings. The van der Waals surface area contributed by atoms with Gasteiger partial charge in [-0.05, 0) is 81.4 Å². The van der Waals surface area contributed by atoms with E-state index in [0.717, 1.165) is 44.6 Å². The first-order valence-corrected chi connectivity index (χ1v) is 18.5. The van der Waals surface area contributed by atoms with Gasteiger partial charge in [-0.2, -0.15) is 0 Å². The SMILES string of the molecule is O=C(CCC1CNc2ccccc21)NC1CCN(c2c(F)cc3c(=O)c(C(=O)N4CCC(N5CCCC5)CC4)cn4c3c2Oc2ccccc2-4)C1. The second-order valence-corrected chi connectivity index (χ2v) is 14.7. The molecular formula is C40H43FN6O4. The van der Waals surface area contributed by atoms with Gasteiger partial charge in [0.1, 0.15) is 16.8 Å². The summed E-state index contributed by atoms with van der Waals surface area (Å²) in [4.78, 5) is 47.3. The number of halogens is 1. The summed E-state index contributed by atoms with van der Waals surface area (Å²) in [6, 6.07) is 17.2. The molecule has 1 aromatic heterocycles. The lowest BCUT2D eigenvalue weighted by molar-refractivity contribution is -0.121. The van der Waals surface area contributed by atoms with Gasteiger partial charge in [0.25, 0.3) is 5.91 Å². The standard InChI is InChI=1S/C40H43FN6O4/c41-31-21-29-36-39(37(31)46-18-13-26(23-46)43-35(48)12-11-25-22-42-32-8-2-1-7-28(25)32)51-34-10-4-3-9-33(34)47(36)24-30(38(29)49)40(50)45-19-14-27(15-20-45)44-16-5-6-17-44/h1-4,7-10,21,24-27,42H,5-6,11-20,22-23H2,(H,43,48). The van der Waals surface area contributed by atoms with Gasteiger partial charge >= 0.3 is 0 Å². The summed E-state index contributed by atoms with van der Waals surface area (Å²) >= 11 is 0. The molecule has 5 aliphatic heterocycles. The summed E-state index contributed by atoms with van der Waals surface area (Å²) in [5, 5.41) is 6.72. The van der Waals surface area contributed by atoms with Gasteiger partial charge in [0.15, 0.2) is 17.3 Å². The maximum atomic E-state index is 16.4. The molecule has 4 aromatic rings. The van der Waals surface area contributed by atoms with Gasteiger partial charge in [-0.25, -0.2) is 4.39 Å². The van der Waals surface area contributed by atoms with E-state index in [-0.39, 0.29) is 40.2 Å². The zero-order chi connectivity index (χ0) is 34.6. The number of fused-ring (bicyclic) bond motifs is 3. The normalized spacial score (nSPS) is 21.4. The van der Waals surface area contributed by atoms with Crippen molar-refractivity contribution in [3.63, 3.8) is 0 Å². The number of likely N-dealkylation sites (tertiary alicyclic amines) is 2. The molecule has 2 unspecified atom stereocenters. The fraction of sp³-hybridized carbons (Fsp3) is 0.425. The average molecular weight is 691 g/mol. The summed E-state index contributed by atoms with van der Waals surface area (Å²) in [5.41, 5.74) is 3.33. The number of nitrogens with zero attached hydrogens (tertiary/aromatic N) is 4. The lowest BCUT2D eigenvalue weighted by Gasteiger charge is -2.36. The lowest BCUT2D eigenvalue weighted by atomic mass is 9.96. The zero-order valence-corrected chi connectivity index (χ0v) is 28.7. The average Bonchev–Trinajstić information content (AvgIpc) is 3.94. The van der Waals surface area contributed by atoms with Crippen LogP contribution in [0.3, 0.4) is 0 Å². The van der Waals surface area contributed by atoms with Crippen LogP contribution in [0.15, 0.2) is 65.6 Å².